The predicted octanol–water partition coefficient (Wildman–Crippen LogP) is 3.64. The number of rotatable bonds is 3. The highest BCUT2D eigenvalue weighted by atomic mass is 31.0. The molecule has 0 aromatic heterocycles. The smallest absolute Gasteiger partial charge is 0.161 e. The third-order valence-corrected chi connectivity index (χ3v) is 3.24. The Morgan fingerprint density at radius 2 is 1.73 bits per heavy atom. The fraction of sp³-hybridized carbons (Fsp3) is 0.462. The number of hydrogen-bond acceptors (Lipinski definition) is 1. The molecule has 0 spiro atoms. The van der Waals surface area contributed by atoms with Crippen molar-refractivity contribution in [2.24, 2.45) is 0 Å². The molecule has 0 heterocycles. The van der Waals surface area contributed by atoms with Gasteiger partial charge in [0.05, 0.1) is 0 Å². The van der Waals surface area contributed by atoms with Crippen molar-refractivity contribution in [1.29, 1.82) is 0 Å². The molecule has 15 heavy (non-hydrogen) atoms. The van der Waals surface area contributed by atoms with Crippen molar-refractivity contribution in [3.63, 3.8) is 0 Å². The van der Waals surface area contributed by atoms with Crippen molar-refractivity contribution < 1.29 is 4.79 Å². The zero-order chi connectivity index (χ0) is 11.6. The second-order valence-electron chi connectivity index (χ2n) is 4.06. The number of benzene rings is 1. The fourth-order valence-electron chi connectivity index (χ4n) is 1.95. The molecule has 0 aliphatic carbocycles. The third kappa shape index (κ3) is 2.46. The van der Waals surface area contributed by atoms with Crippen LogP contribution in [0.2, 0.25) is 0 Å². The van der Waals surface area contributed by atoms with Gasteiger partial charge < -0.3 is 9.24 Å². The van der Waals surface area contributed by atoms with E-state index in [9.17, 15) is 4.79 Å². The average Bonchev–Trinajstić information content (AvgIpc) is 2.15. The van der Waals surface area contributed by atoms with E-state index in [1.165, 1.54) is 11.1 Å². The largest absolute Gasteiger partial charge is 0.558 e. The van der Waals surface area contributed by atoms with Crippen molar-refractivity contribution in [3.05, 3.63) is 33.9 Å². The summed E-state index contributed by atoms with van der Waals surface area (Å²) in [6, 6.07) is 2.10. The van der Waals surface area contributed by atoms with Crippen molar-refractivity contribution in [3.8, 4) is 0 Å². The number of ketones is 1. The molecule has 0 N–H and O–H groups in total. The lowest BCUT2D eigenvalue weighted by atomic mass is 9.91. The normalized spacial score (nSPS) is 10.5. The minimum Gasteiger partial charge on any atom is -0.558 e. The Kier molecular flexibility index (Phi) is 4.04. The van der Waals surface area contributed by atoms with Crippen LogP contribution in [-0.4, -0.2) is 11.9 Å². The molecule has 1 nitrogen and oxygen atoms in total. The molecular weight excluding hydrogens is 203 g/mol. The molecule has 1 rings (SSSR count). The minimum atomic E-state index is 0.239. The number of aryl methyl sites for hydroxylation is 2. The molecule has 0 saturated carbocycles. The summed E-state index contributed by atoms with van der Waals surface area (Å²) < 4.78 is 0. The van der Waals surface area contributed by atoms with E-state index < -0.39 is 0 Å². The van der Waals surface area contributed by atoms with Crippen molar-refractivity contribution in [1.82, 2.24) is 0 Å². The lowest BCUT2D eigenvalue weighted by Crippen LogP contribution is -2.07. The van der Waals surface area contributed by atoms with Gasteiger partial charge in [0, 0.05) is 5.56 Å². The first-order valence-electron chi connectivity index (χ1n) is 5.24. The van der Waals surface area contributed by atoms with Gasteiger partial charge in [0.15, 0.2) is 5.78 Å². The van der Waals surface area contributed by atoms with E-state index in [4.69, 9.17) is 0 Å². The number of hydrogen-bond donors (Lipinski definition) is 0. The van der Waals surface area contributed by atoms with Gasteiger partial charge in [-0.1, -0.05) is 6.07 Å². The van der Waals surface area contributed by atoms with Crippen molar-refractivity contribution in [2.45, 2.75) is 34.1 Å². The van der Waals surface area contributed by atoms with E-state index in [1.54, 1.807) is 0 Å². The van der Waals surface area contributed by atoms with Crippen LogP contribution in [0, 0.1) is 27.7 Å². The molecule has 1 aromatic carbocycles. The van der Waals surface area contributed by atoms with Crippen LogP contribution in [0.1, 0.15) is 39.0 Å². The number of carbonyl (C=O) groups is 1. The van der Waals surface area contributed by atoms with Crippen LogP contribution in [0.3, 0.4) is 0 Å². The first-order valence-corrected chi connectivity index (χ1v) is 5.95. The van der Waals surface area contributed by atoms with E-state index in [-0.39, 0.29) is 5.78 Å². The molecule has 0 radical (unpaired) electrons. The summed E-state index contributed by atoms with van der Waals surface area (Å²) in [5.41, 5.74) is 5.65. The molecule has 82 valence electrons. The standard InChI is InChI=1S/C13H18OP/c1-8-7-9(2)13(11(4)10(8)3)12(14)5-6-15/h7,15H,5-6H2,1-4H3/q-1. The predicted molar refractivity (Wildman–Crippen MR) is 67.5 cm³/mol. The molecule has 2 heteroatoms. The van der Waals surface area contributed by atoms with Crippen LogP contribution in [0.5, 0.6) is 0 Å². The van der Waals surface area contributed by atoms with E-state index in [0.29, 0.717) is 6.42 Å². The van der Waals surface area contributed by atoms with Gasteiger partial charge in [-0.15, -0.1) is 0 Å². The fourth-order valence-corrected chi connectivity index (χ4v) is 2.18. The van der Waals surface area contributed by atoms with Gasteiger partial charge in [-0.2, -0.15) is 6.16 Å². The molecule has 0 amide bonds. The second-order valence-corrected chi connectivity index (χ2v) is 4.56. The summed E-state index contributed by atoms with van der Waals surface area (Å²) in [6.07, 6.45) is 1.30. The van der Waals surface area contributed by atoms with Gasteiger partial charge in [-0.25, -0.2) is 0 Å². The Labute approximate surface area is 94.5 Å². The monoisotopic (exact) mass is 221 g/mol. The number of Topliss-reactive ketones (excluding diaryl/α,β-unsaturated/α-hetero) is 1. The summed E-state index contributed by atoms with van der Waals surface area (Å²) in [5, 5.41) is 0. The summed E-state index contributed by atoms with van der Waals surface area (Å²) in [5.74, 6) is 0.239. The maximum Gasteiger partial charge on any atom is 0.161 e. The molecular formula is C13H18OP-. The average molecular weight is 221 g/mol. The third-order valence-electron chi connectivity index (χ3n) is 2.99. The van der Waals surface area contributed by atoms with Gasteiger partial charge in [-0.05, 0) is 56.4 Å². The molecule has 0 aliphatic heterocycles. The highest BCUT2D eigenvalue weighted by Crippen LogP contribution is 2.22. The SMILES string of the molecule is Cc1cc(C)c(C(=O)CC[PH-])c(C)c1C. The van der Waals surface area contributed by atoms with E-state index in [1.807, 2.05) is 13.8 Å². The lowest BCUT2D eigenvalue weighted by Gasteiger charge is -2.14. The Hall–Kier alpha value is -0.680. The summed E-state index contributed by atoms with van der Waals surface area (Å²) in [4.78, 5) is 11.9. The van der Waals surface area contributed by atoms with Crippen molar-refractivity contribution in [2.75, 3.05) is 6.16 Å². The molecule has 0 atom stereocenters. The topological polar surface area (TPSA) is 17.1 Å². The van der Waals surface area contributed by atoms with Crippen LogP contribution < -0.4 is 0 Å². The number of carbonyl (C=O) groups excluding carboxylic acids is 1. The van der Waals surface area contributed by atoms with E-state index >= 15 is 0 Å². The summed E-state index contributed by atoms with van der Waals surface area (Å²) in [7, 11) is 3.36. The van der Waals surface area contributed by atoms with Gasteiger partial charge in [-0.3, -0.25) is 4.79 Å². The second kappa shape index (κ2) is 4.90. The highest BCUT2D eigenvalue weighted by molar-refractivity contribution is 7.16. The Bertz CT molecular complexity index is 394. The molecule has 0 fully saturated rings. The van der Waals surface area contributed by atoms with Crippen molar-refractivity contribution >= 4 is 15.0 Å². The zero-order valence-corrected chi connectivity index (χ0v) is 10.9. The minimum absolute atomic E-state index is 0.239. The summed E-state index contributed by atoms with van der Waals surface area (Å²) >= 11 is 0. The van der Waals surface area contributed by atoms with Gasteiger partial charge >= 0.3 is 0 Å². The molecule has 1 aromatic rings. The maximum absolute atomic E-state index is 11.9. The molecule has 0 saturated heterocycles. The van der Waals surface area contributed by atoms with Crippen LogP contribution in [0.25, 0.3) is 0 Å². The van der Waals surface area contributed by atoms with E-state index in [2.05, 4.69) is 29.2 Å². The van der Waals surface area contributed by atoms with Crippen LogP contribution in [0.4, 0.5) is 0 Å². The highest BCUT2D eigenvalue weighted by Gasteiger charge is 2.13. The van der Waals surface area contributed by atoms with Gasteiger partial charge in [0.25, 0.3) is 0 Å². The quantitative estimate of drug-likeness (QED) is 0.562. The molecule has 0 unspecified atom stereocenters. The summed E-state index contributed by atoms with van der Waals surface area (Å²) in [6.45, 7) is 8.22. The Morgan fingerprint density at radius 1 is 1.13 bits per heavy atom. The van der Waals surface area contributed by atoms with Gasteiger partial charge in [0.1, 0.15) is 0 Å². The molecule has 0 bridgehead atoms. The Balaban J connectivity index is 3.29. The lowest BCUT2D eigenvalue weighted by molar-refractivity contribution is 0.0988. The first kappa shape index (κ1) is 12.4. The molecule has 0 aliphatic rings. The van der Waals surface area contributed by atoms with Crippen LogP contribution in [0.15, 0.2) is 6.07 Å². The Morgan fingerprint density at radius 3 is 2.27 bits per heavy atom. The van der Waals surface area contributed by atoms with Gasteiger partial charge in [0.2, 0.25) is 0 Å². The van der Waals surface area contributed by atoms with Crippen LogP contribution >= 0.6 is 9.24 Å². The zero-order valence-electron chi connectivity index (χ0n) is 9.90. The maximum atomic E-state index is 11.9. The van der Waals surface area contributed by atoms with E-state index in [0.717, 1.165) is 22.9 Å². The first-order chi connectivity index (χ1) is 6.99. The van der Waals surface area contributed by atoms with Crippen LogP contribution in [-0.2, 0) is 0 Å².